The van der Waals surface area contributed by atoms with Gasteiger partial charge in [-0.2, -0.15) is 0 Å². The molecule has 0 heterocycles. The van der Waals surface area contributed by atoms with Crippen molar-refractivity contribution in [2.45, 2.75) is 34.6 Å². The first kappa shape index (κ1) is 17.8. The lowest BCUT2D eigenvalue weighted by Crippen LogP contribution is -2.27. The van der Waals surface area contributed by atoms with Gasteiger partial charge in [0, 0.05) is 16.7 Å². The molecule has 4 nitrogen and oxygen atoms in total. The molecule has 0 aliphatic heterocycles. The maximum absolute atomic E-state index is 9.09. The van der Waals surface area contributed by atoms with Crippen molar-refractivity contribution in [3.05, 3.63) is 0 Å². The number of hydrogen-bond donors (Lipinski definition) is 2. The van der Waals surface area contributed by atoms with Crippen molar-refractivity contribution in [1.82, 2.24) is 0 Å². The molecule has 0 aliphatic carbocycles. The van der Waals surface area contributed by atoms with E-state index in [-0.39, 0.29) is 24.0 Å². The molecule has 2 N–H and O–H groups in total. The zero-order valence-corrected chi connectivity index (χ0v) is 12.5. The van der Waals surface area contributed by atoms with Crippen LogP contribution < -0.4 is 0 Å². The topological polar surface area (TPSA) is 58.9 Å². The second-order valence-electron chi connectivity index (χ2n) is 6.78. The third-order valence-corrected chi connectivity index (χ3v) is 2.65. The Morgan fingerprint density at radius 3 is 1.44 bits per heavy atom. The highest BCUT2D eigenvalue weighted by Crippen LogP contribution is 2.16. The van der Waals surface area contributed by atoms with E-state index in [1.54, 1.807) is 0 Å². The molecule has 0 aromatic carbocycles. The molecule has 0 radical (unpaired) electrons. The molecule has 0 amide bonds. The Kier molecular flexibility index (Phi) is 8.03. The lowest BCUT2D eigenvalue weighted by molar-refractivity contribution is -0.0212. The van der Waals surface area contributed by atoms with Gasteiger partial charge in [0.2, 0.25) is 0 Å². The van der Waals surface area contributed by atoms with Gasteiger partial charge in [-0.05, 0) is 0 Å². The van der Waals surface area contributed by atoms with E-state index in [0.717, 1.165) is 0 Å². The molecule has 0 unspecified atom stereocenters. The van der Waals surface area contributed by atoms with Crippen molar-refractivity contribution in [2.24, 2.45) is 16.7 Å². The highest BCUT2D eigenvalue weighted by Gasteiger charge is 2.18. The lowest BCUT2D eigenvalue weighted by atomic mass is 9.96. The van der Waals surface area contributed by atoms with Gasteiger partial charge < -0.3 is 19.7 Å². The summed E-state index contributed by atoms with van der Waals surface area (Å²) in [6.45, 7) is 12.6. The standard InChI is InChI=1S/C14H30O4/c1-12(6-17-10-13(2,3)8-15)7-18-11-14(4,5)9-16/h12,15-16H,6-11H2,1-5H3. The fourth-order valence-electron chi connectivity index (χ4n) is 1.21. The molecule has 0 fully saturated rings. The Hall–Kier alpha value is -0.160. The summed E-state index contributed by atoms with van der Waals surface area (Å²) in [5.74, 6) is 0.314. The van der Waals surface area contributed by atoms with Crippen LogP contribution in [0.4, 0.5) is 0 Å². The molecular weight excluding hydrogens is 232 g/mol. The fourth-order valence-corrected chi connectivity index (χ4v) is 1.21. The van der Waals surface area contributed by atoms with Crippen molar-refractivity contribution in [3.63, 3.8) is 0 Å². The summed E-state index contributed by atoms with van der Waals surface area (Å²) in [5, 5.41) is 18.2. The van der Waals surface area contributed by atoms with Gasteiger partial charge >= 0.3 is 0 Å². The summed E-state index contributed by atoms with van der Waals surface area (Å²) in [6, 6.07) is 0. The van der Waals surface area contributed by atoms with Crippen molar-refractivity contribution in [3.8, 4) is 0 Å². The largest absolute Gasteiger partial charge is 0.396 e. The van der Waals surface area contributed by atoms with E-state index < -0.39 is 0 Å². The normalized spacial score (nSPS) is 13.3. The molecule has 0 bridgehead atoms. The summed E-state index contributed by atoms with van der Waals surface area (Å²) >= 11 is 0. The molecule has 4 heteroatoms. The summed E-state index contributed by atoms with van der Waals surface area (Å²) < 4.78 is 11.1. The quantitative estimate of drug-likeness (QED) is 0.629. The Labute approximate surface area is 111 Å². The minimum atomic E-state index is -0.181. The highest BCUT2D eigenvalue weighted by molar-refractivity contribution is 4.67. The maximum Gasteiger partial charge on any atom is 0.0539 e. The summed E-state index contributed by atoms with van der Waals surface area (Å²) in [7, 11) is 0. The van der Waals surface area contributed by atoms with Gasteiger partial charge in [-0.1, -0.05) is 34.6 Å². The van der Waals surface area contributed by atoms with E-state index in [9.17, 15) is 0 Å². The van der Waals surface area contributed by atoms with E-state index in [1.807, 2.05) is 27.7 Å². The van der Waals surface area contributed by atoms with Crippen molar-refractivity contribution >= 4 is 0 Å². The molecule has 18 heavy (non-hydrogen) atoms. The van der Waals surface area contributed by atoms with Gasteiger partial charge in [0.25, 0.3) is 0 Å². The van der Waals surface area contributed by atoms with Crippen LogP contribution in [0.25, 0.3) is 0 Å². The Morgan fingerprint density at radius 2 is 1.17 bits per heavy atom. The number of ether oxygens (including phenoxy) is 2. The number of aliphatic hydroxyl groups is 2. The van der Waals surface area contributed by atoms with Crippen LogP contribution in [0, 0.1) is 16.7 Å². The lowest BCUT2D eigenvalue weighted by Gasteiger charge is -2.24. The summed E-state index contributed by atoms with van der Waals surface area (Å²) in [4.78, 5) is 0. The predicted octanol–water partition coefficient (Wildman–Crippen LogP) is 1.69. The zero-order valence-electron chi connectivity index (χ0n) is 12.5. The second kappa shape index (κ2) is 8.10. The van der Waals surface area contributed by atoms with E-state index in [4.69, 9.17) is 19.7 Å². The van der Waals surface area contributed by atoms with Crippen LogP contribution in [0.2, 0.25) is 0 Å². The van der Waals surface area contributed by atoms with Gasteiger partial charge in [-0.15, -0.1) is 0 Å². The molecule has 0 aromatic rings. The zero-order chi connectivity index (χ0) is 14.2. The summed E-state index contributed by atoms with van der Waals surface area (Å²) in [6.07, 6.45) is 0. The van der Waals surface area contributed by atoms with Crippen LogP contribution in [-0.4, -0.2) is 49.9 Å². The molecule has 0 rings (SSSR count). The SMILES string of the molecule is CC(COCC(C)(C)CO)COCC(C)(C)CO. The number of rotatable bonds is 10. The van der Waals surface area contributed by atoms with Gasteiger partial charge in [-0.25, -0.2) is 0 Å². The van der Waals surface area contributed by atoms with Crippen LogP contribution >= 0.6 is 0 Å². The summed E-state index contributed by atoms with van der Waals surface area (Å²) in [5.41, 5.74) is -0.362. The Bertz CT molecular complexity index is 192. The van der Waals surface area contributed by atoms with Crippen LogP contribution in [0.5, 0.6) is 0 Å². The van der Waals surface area contributed by atoms with Gasteiger partial charge in [0.15, 0.2) is 0 Å². The Morgan fingerprint density at radius 1 is 0.833 bits per heavy atom. The first-order chi connectivity index (χ1) is 8.22. The molecule has 0 aliphatic rings. The van der Waals surface area contributed by atoms with Crippen LogP contribution in [0.1, 0.15) is 34.6 Å². The van der Waals surface area contributed by atoms with Crippen molar-refractivity contribution < 1.29 is 19.7 Å². The minimum Gasteiger partial charge on any atom is -0.396 e. The predicted molar refractivity (Wildman–Crippen MR) is 72.5 cm³/mol. The molecular formula is C14H30O4. The van der Waals surface area contributed by atoms with Crippen molar-refractivity contribution in [2.75, 3.05) is 39.6 Å². The van der Waals surface area contributed by atoms with Crippen LogP contribution in [-0.2, 0) is 9.47 Å². The number of hydrogen-bond acceptors (Lipinski definition) is 4. The van der Waals surface area contributed by atoms with Crippen LogP contribution in [0.15, 0.2) is 0 Å². The first-order valence-electron chi connectivity index (χ1n) is 6.60. The van der Waals surface area contributed by atoms with Gasteiger partial charge in [-0.3, -0.25) is 0 Å². The molecule has 0 saturated heterocycles. The Balaban J connectivity index is 3.64. The average molecular weight is 262 g/mol. The molecule has 110 valence electrons. The highest BCUT2D eigenvalue weighted by atomic mass is 16.5. The third-order valence-electron chi connectivity index (χ3n) is 2.65. The maximum atomic E-state index is 9.09. The van der Waals surface area contributed by atoms with E-state index >= 15 is 0 Å². The average Bonchev–Trinajstić information content (AvgIpc) is 2.28. The second-order valence-corrected chi connectivity index (χ2v) is 6.78. The van der Waals surface area contributed by atoms with Crippen molar-refractivity contribution in [1.29, 1.82) is 0 Å². The number of aliphatic hydroxyl groups excluding tert-OH is 2. The van der Waals surface area contributed by atoms with Gasteiger partial charge in [0.1, 0.15) is 0 Å². The fraction of sp³-hybridized carbons (Fsp3) is 1.00. The monoisotopic (exact) mass is 262 g/mol. The minimum absolute atomic E-state index is 0.128. The van der Waals surface area contributed by atoms with Gasteiger partial charge in [0.05, 0.1) is 39.6 Å². The third kappa shape index (κ3) is 8.86. The van der Waals surface area contributed by atoms with E-state index in [2.05, 4.69) is 6.92 Å². The molecule has 0 spiro atoms. The van der Waals surface area contributed by atoms with Crippen LogP contribution in [0.3, 0.4) is 0 Å². The smallest absolute Gasteiger partial charge is 0.0539 e. The first-order valence-corrected chi connectivity index (χ1v) is 6.60. The molecule has 0 aromatic heterocycles. The molecule has 0 saturated carbocycles. The van der Waals surface area contributed by atoms with E-state index in [1.165, 1.54) is 0 Å². The molecule has 0 atom stereocenters. The van der Waals surface area contributed by atoms with E-state index in [0.29, 0.717) is 32.3 Å².